The van der Waals surface area contributed by atoms with Crippen molar-refractivity contribution in [3.63, 3.8) is 0 Å². The van der Waals surface area contributed by atoms with Crippen LogP contribution < -0.4 is 18.9 Å². The van der Waals surface area contributed by atoms with Gasteiger partial charge in [0.05, 0.1) is 39.1 Å². The van der Waals surface area contributed by atoms with E-state index in [0.717, 1.165) is 0 Å². The van der Waals surface area contributed by atoms with Gasteiger partial charge in [-0.1, -0.05) is 15.9 Å². The molecule has 0 radical (unpaired) electrons. The van der Waals surface area contributed by atoms with Crippen molar-refractivity contribution < 1.29 is 28.5 Å². The van der Waals surface area contributed by atoms with Gasteiger partial charge in [-0.3, -0.25) is 9.59 Å². The molecule has 0 unspecified atom stereocenters. The Morgan fingerprint density at radius 2 is 1.00 bits per heavy atom. The average Bonchev–Trinajstić information content (AvgIpc) is 2.85. The second-order valence-corrected chi connectivity index (χ2v) is 8.56. The van der Waals surface area contributed by atoms with E-state index in [2.05, 4.69) is 76.0 Å². The van der Waals surface area contributed by atoms with Gasteiger partial charge in [-0.15, -0.1) is 23.2 Å². The van der Waals surface area contributed by atoms with Gasteiger partial charge < -0.3 is 18.9 Å². The van der Waals surface area contributed by atoms with Crippen LogP contribution >= 0.6 is 99.2 Å². The molecule has 0 N–H and O–H groups in total. The summed E-state index contributed by atoms with van der Waals surface area (Å²) in [6.45, 7) is 1.50. The van der Waals surface area contributed by atoms with Crippen molar-refractivity contribution in [2.45, 2.75) is 6.92 Å². The number of ketones is 2. The molecule has 13 heteroatoms. The normalized spacial score (nSPS) is 9.06. The third kappa shape index (κ3) is 12.3. The van der Waals surface area contributed by atoms with Gasteiger partial charge in [-0.25, -0.2) is 0 Å². The number of Topliss-reactive ketones (excluding diaryl/α,β-unsaturated/α-hetero) is 2. The summed E-state index contributed by atoms with van der Waals surface area (Å²) in [5.74, 6) is 2.31. The van der Waals surface area contributed by atoms with Crippen LogP contribution in [-0.2, 0) is 0 Å². The van der Waals surface area contributed by atoms with Crippen LogP contribution in [0.2, 0.25) is 0 Å². The van der Waals surface area contributed by atoms with Crippen molar-refractivity contribution in [1.82, 2.24) is 0 Å². The number of benzene rings is 2. The Kier molecular flexibility index (Phi) is 22.4. The van der Waals surface area contributed by atoms with Crippen LogP contribution in [0.5, 0.6) is 23.0 Å². The SMILES string of the molecule is BrBr.COc1cc(C(=O)CBr)cc(OC)c1Br.COc1cc(C(C)=O)cc(OC)c1Br.ClCCl. The molecular formula is C21H23Br5Cl2O6. The molecule has 2 aromatic carbocycles. The van der Waals surface area contributed by atoms with Gasteiger partial charge in [0.15, 0.2) is 11.6 Å². The Balaban J connectivity index is 0. The zero-order valence-electron chi connectivity index (χ0n) is 18.8. The van der Waals surface area contributed by atoms with Crippen LogP contribution in [0, 0.1) is 0 Å². The van der Waals surface area contributed by atoms with E-state index in [1.807, 2.05) is 0 Å². The Labute approximate surface area is 250 Å². The van der Waals surface area contributed by atoms with Crippen molar-refractivity contribution in [3.8, 4) is 23.0 Å². The Bertz CT molecular complexity index is 865. The van der Waals surface area contributed by atoms with Gasteiger partial charge in [0.2, 0.25) is 0 Å². The number of ether oxygens (including phenoxy) is 4. The molecule has 0 amide bonds. The number of hydrogen-bond acceptors (Lipinski definition) is 6. The number of carbonyl (C=O) groups excluding carboxylic acids is 2. The number of methoxy groups -OCH3 is 4. The summed E-state index contributed by atoms with van der Waals surface area (Å²) in [5.41, 5.74) is 1.13. The van der Waals surface area contributed by atoms with Gasteiger partial charge in [0, 0.05) is 39.4 Å². The molecule has 0 saturated heterocycles. The van der Waals surface area contributed by atoms with Gasteiger partial charge in [-0.05, 0) is 63.0 Å². The third-order valence-corrected chi connectivity index (χ3v) is 5.81. The first-order valence-electron chi connectivity index (χ1n) is 8.84. The molecule has 0 aliphatic carbocycles. The highest BCUT2D eigenvalue weighted by atomic mass is 80.9. The van der Waals surface area contributed by atoms with E-state index in [-0.39, 0.29) is 22.2 Å². The topological polar surface area (TPSA) is 71.1 Å². The maximum absolute atomic E-state index is 11.5. The van der Waals surface area contributed by atoms with Crippen molar-refractivity contribution in [2.24, 2.45) is 0 Å². The van der Waals surface area contributed by atoms with Crippen molar-refractivity contribution in [3.05, 3.63) is 44.3 Å². The minimum atomic E-state index is -0.0194. The molecule has 0 aliphatic rings. The molecule has 0 spiro atoms. The molecule has 0 atom stereocenters. The smallest absolute Gasteiger partial charge is 0.173 e. The van der Waals surface area contributed by atoms with Gasteiger partial charge in [0.1, 0.15) is 31.9 Å². The van der Waals surface area contributed by atoms with Crippen LogP contribution in [0.4, 0.5) is 0 Å². The summed E-state index contributed by atoms with van der Waals surface area (Å²) in [6.07, 6.45) is 0. The minimum absolute atomic E-state index is 0.0147. The number of carbonyl (C=O) groups is 2. The molecule has 0 heterocycles. The number of halogens is 7. The first-order valence-corrected chi connectivity index (χ1v) is 16.3. The fourth-order valence-corrected chi connectivity index (χ4v) is 3.61. The fourth-order valence-electron chi connectivity index (χ4n) is 2.18. The van der Waals surface area contributed by atoms with E-state index in [1.54, 1.807) is 52.7 Å². The van der Waals surface area contributed by atoms with E-state index in [9.17, 15) is 9.59 Å². The largest absolute Gasteiger partial charge is 0.495 e. The van der Waals surface area contributed by atoms with E-state index in [4.69, 9.17) is 42.1 Å². The number of rotatable bonds is 7. The Morgan fingerprint density at radius 1 is 0.735 bits per heavy atom. The predicted molar refractivity (Wildman–Crippen MR) is 157 cm³/mol. The summed E-state index contributed by atoms with van der Waals surface area (Å²) in [4.78, 5) is 22.7. The summed E-state index contributed by atoms with van der Waals surface area (Å²) in [6, 6.07) is 6.70. The summed E-state index contributed by atoms with van der Waals surface area (Å²) in [5, 5.41) is 0.473. The first kappa shape index (κ1) is 36.1. The fraction of sp³-hybridized carbons (Fsp3) is 0.333. The lowest BCUT2D eigenvalue weighted by molar-refractivity contribution is 0.101. The standard InChI is InChI=1S/C10H10Br2O3.C10H11BrO3.CH2Cl2.Br2/c1-14-8-3-6(7(13)5-11)4-9(15-2)10(8)12;1-6(12)7-4-8(13-2)10(11)9(5-7)14-3;2-1-3;1-2/h3-4H,5H2,1-2H3;4-5H,1-3H3;1H2;. The van der Waals surface area contributed by atoms with Crippen LogP contribution in [-0.4, -0.2) is 50.7 Å². The highest BCUT2D eigenvalue weighted by molar-refractivity contribution is 9.93. The number of hydrogen-bond donors (Lipinski definition) is 0. The van der Waals surface area contributed by atoms with Crippen LogP contribution in [0.15, 0.2) is 33.2 Å². The molecule has 192 valence electrons. The van der Waals surface area contributed by atoms with E-state index < -0.39 is 0 Å². The molecule has 0 aromatic heterocycles. The lowest BCUT2D eigenvalue weighted by atomic mass is 10.1. The molecule has 34 heavy (non-hydrogen) atoms. The van der Waals surface area contributed by atoms with Gasteiger partial charge >= 0.3 is 0 Å². The molecule has 2 rings (SSSR count). The van der Waals surface area contributed by atoms with Crippen molar-refractivity contribution in [1.29, 1.82) is 0 Å². The Morgan fingerprint density at radius 3 is 1.21 bits per heavy atom. The quantitative estimate of drug-likeness (QED) is 0.205. The van der Waals surface area contributed by atoms with Gasteiger partial charge in [-0.2, -0.15) is 0 Å². The molecule has 2 aromatic rings. The third-order valence-electron chi connectivity index (χ3n) is 3.74. The zero-order chi connectivity index (χ0) is 26.8. The molecule has 0 saturated carbocycles. The van der Waals surface area contributed by atoms with E-state index >= 15 is 0 Å². The maximum Gasteiger partial charge on any atom is 0.173 e. The second-order valence-electron chi connectivity index (χ2n) is 5.60. The van der Waals surface area contributed by atoms with Crippen molar-refractivity contribution in [2.75, 3.05) is 39.1 Å². The van der Waals surface area contributed by atoms with E-state index in [0.29, 0.717) is 43.1 Å². The van der Waals surface area contributed by atoms with Crippen LogP contribution in [0.3, 0.4) is 0 Å². The van der Waals surface area contributed by atoms with Crippen molar-refractivity contribution >= 4 is 111 Å². The van der Waals surface area contributed by atoms with Crippen LogP contribution in [0.1, 0.15) is 27.6 Å². The van der Waals surface area contributed by atoms with Crippen LogP contribution in [0.25, 0.3) is 0 Å². The lowest BCUT2D eigenvalue weighted by Crippen LogP contribution is -2.02. The summed E-state index contributed by atoms with van der Waals surface area (Å²) in [7, 11) is 6.18. The maximum atomic E-state index is 11.5. The monoisotopic (exact) mass is 836 g/mol. The first-order chi connectivity index (χ1) is 16.1. The molecule has 0 aliphatic heterocycles. The minimum Gasteiger partial charge on any atom is -0.495 e. The van der Waals surface area contributed by atoms with Gasteiger partial charge in [0.25, 0.3) is 0 Å². The summed E-state index contributed by atoms with van der Waals surface area (Å²) >= 11 is 24.8. The summed E-state index contributed by atoms with van der Waals surface area (Å²) < 4.78 is 21.9. The lowest BCUT2D eigenvalue weighted by Gasteiger charge is -2.10. The highest BCUT2D eigenvalue weighted by Gasteiger charge is 2.14. The average molecular weight is 842 g/mol. The Hall–Kier alpha value is -0.0400. The second kappa shape index (κ2) is 21.1. The molecule has 0 bridgehead atoms. The number of alkyl halides is 3. The highest BCUT2D eigenvalue weighted by Crippen LogP contribution is 2.36. The zero-order valence-corrected chi connectivity index (χ0v) is 28.3. The molecule has 6 nitrogen and oxygen atoms in total. The molecular weight excluding hydrogens is 819 g/mol. The van der Waals surface area contributed by atoms with E-state index in [1.165, 1.54) is 6.92 Å². The predicted octanol–water partition coefficient (Wildman–Crippen LogP) is 8.83. The molecule has 0 fully saturated rings.